The Kier molecular flexibility index (Phi) is 7.20. The van der Waals surface area contributed by atoms with Gasteiger partial charge in [-0.25, -0.2) is 4.98 Å². The molecular formula is C33H36N4O3. The van der Waals surface area contributed by atoms with Gasteiger partial charge in [-0.1, -0.05) is 19.1 Å². The Bertz CT molecular complexity index is 1660. The van der Waals surface area contributed by atoms with Gasteiger partial charge in [0.05, 0.1) is 37.4 Å². The van der Waals surface area contributed by atoms with Gasteiger partial charge in [0.1, 0.15) is 5.75 Å². The number of fused-ring (bicyclic) bond motifs is 3. The molecule has 0 fully saturated rings. The van der Waals surface area contributed by atoms with Gasteiger partial charge >= 0.3 is 0 Å². The maximum absolute atomic E-state index is 6.32. The van der Waals surface area contributed by atoms with Crippen LogP contribution in [0.25, 0.3) is 33.1 Å². The molecule has 0 bridgehead atoms. The highest BCUT2D eigenvalue weighted by Crippen LogP contribution is 2.37. The zero-order valence-electron chi connectivity index (χ0n) is 23.6. The quantitative estimate of drug-likeness (QED) is 0.232. The van der Waals surface area contributed by atoms with E-state index in [0.29, 0.717) is 24.2 Å². The van der Waals surface area contributed by atoms with Crippen LogP contribution >= 0.6 is 0 Å². The summed E-state index contributed by atoms with van der Waals surface area (Å²) in [6, 6.07) is 19.2. The standard InChI is InChI=1S/C33H36N4O3/c1-5-34-33-36-27-8-6-23(17-29(27)37-33)22-7-9-30-25(16-22)14-20(2)21(11-13-40-30)15-24-10-12-35-28-19-32(39-4)31(38-3)18-26(24)28/h6-10,12,16-21H,5,11,13-15H2,1-4H3,(H2,34,36,37). The molecule has 2 atom stereocenters. The highest BCUT2D eigenvalue weighted by Gasteiger charge is 2.24. The van der Waals surface area contributed by atoms with Crippen LogP contribution in [0.4, 0.5) is 5.95 Å². The van der Waals surface area contributed by atoms with Crippen molar-refractivity contribution in [2.45, 2.75) is 33.1 Å². The van der Waals surface area contributed by atoms with E-state index < -0.39 is 0 Å². The number of benzene rings is 3. The number of hydrogen-bond donors (Lipinski definition) is 2. The number of imidazole rings is 1. The van der Waals surface area contributed by atoms with Crippen molar-refractivity contribution in [1.82, 2.24) is 15.0 Å². The second-order valence-electron chi connectivity index (χ2n) is 10.6. The minimum Gasteiger partial charge on any atom is -0.493 e. The number of hydrogen-bond acceptors (Lipinski definition) is 6. The third-order valence-corrected chi connectivity index (χ3v) is 8.13. The average molecular weight is 537 g/mol. The summed E-state index contributed by atoms with van der Waals surface area (Å²) in [4.78, 5) is 12.6. The minimum absolute atomic E-state index is 0.473. The molecule has 3 heterocycles. The van der Waals surface area contributed by atoms with Crippen LogP contribution in [0.2, 0.25) is 0 Å². The van der Waals surface area contributed by atoms with E-state index in [1.54, 1.807) is 14.2 Å². The molecule has 0 radical (unpaired) electrons. The number of aromatic amines is 1. The highest BCUT2D eigenvalue weighted by atomic mass is 16.5. The minimum atomic E-state index is 0.473. The Morgan fingerprint density at radius 1 is 0.975 bits per heavy atom. The number of pyridine rings is 1. The molecule has 5 aromatic rings. The summed E-state index contributed by atoms with van der Waals surface area (Å²) in [5, 5.41) is 4.37. The summed E-state index contributed by atoms with van der Waals surface area (Å²) in [5.41, 5.74) is 7.82. The molecule has 206 valence electrons. The lowest BCUT2D eigenvalue weighted by Crippen LogP contribution is -2.22. The van der Waals surface area contributed by atoms with E-state index in [4.69, 9.17) is 14.2 Å². The molecule has 7 heteroatoms. The fourth-order valence-electron chi connectivity index (χ4n) is 5.91. The van der Waals surface area contributed by atoms with E-state index in [2.05, 4.69) is 82.6 Å². The van der Waals surface area contributed by atoms with Crippen molar-refractivity contribution in [2.24, 2.45) is 11.8 Å². The van der Waals surface area contributed by atoms with Gasteiger partial charge in [-0.05, 0) is 96.7 Å². The summed E-state index contributed by atoms with van der Waals surface area (Å²) in [6.45, 7) is 5.97. The highest BCUT2D eigenvalue weighted by molar-refractivity contribution is 5.86. The zero-order chi connectivity index (χ0) is 27.6. The summed E-state index contributed by atoms with van der Waals surface area (Å²) < 4.78 is 17.4. The molecule has 0 saturated carbocycles. The van der Waals surface area contributed by atoms with Crippen molar-refractivity contribution >= 4 is 27.9 Å². The van der Waals surface area contributed by atoms with Crippen LogP contribution in [0.15, 0.2) is 60.8 Å². The summed E-state index contributed by atoms with van der Waals surface area (Å²) in [6.07, 6.45) is 4.82. The van der Waals surface area contributed by atoms with Crippen LogP contribution in [0.5, 0.6) is 17.2 Å². The molecule has 2 unspecified atom stereocenters. The molecule has 0 aliphatic carbocycles. The first kappa shape index (κ1) is 26.0. The lowest BCUT2D eigenvalue weighted by molar-refractivity contribution is 0.222. The lowest BCUT2D eigenvalue weighted by Gasteiger charge is -2.29. The van der Waals surface area contributed by atoms with Crippen LogP contribution in [0.3, 0.4) is 0 Å². The Balaban J connectivity index is 1.26. The van der Waals surface area contributed by atoms with Crippen molar-refractivity contribution in [3.63, 3.8) is 0 Å². The Hall–Kier alpha value is -4.26. The van der Waals surface area contributed by atoms with Gasteiger partial charge in [0.2, 0.25) is 5.95 Å². The number of rotatable bonds is 7. The van der Waals surface area contributed by atoms with Crippen LogP contribution in [-0.2, 0) is 12.8 Å². The second-order valence-corrected chi connectivity index (χ2v) is 10.6. The van der Waals surface area contributed by atoms with Crippen LogP contribution in [0.1, 0.15) is 31.4 Å². The summed E-state index contributed by atoms with van der Waals surface area (Å²) in [5.74, 6) is 4.19. The third-order valence-electron chi connectivity index (χ3n) is 8.13. The molecule has 40 heavy (non-hydrogen) atoms. The molecule has 0 spiro atoms. The smallest absolute Gasteiger partial charge is 0.201 e. The van der Waals surface area contributed by atoms with Crippen molar-refractivity contribution in [3.8, 4) is 28.4 Å². The zero-order valence-corrected chi connectivity index (χ0v) is 23.6. The number of H-pyrrole nitrogens is 1. The summed E-state index contributed by atoms with van der Waals surface area (Å²) in [7, 11) is 3.33. The van der Waals surface area contributed by atoms with Crippen LogP contribution in [-0.4, -0.2) is 42.3 Å². The normalized spacial score (nSPS) is 17.1. The van der Waals surface area contributed by atoms with Crippen molar-refractivity contribution < 1.29 is 14.2 Å². The van der Waals surface area contributed by atoms with Crippen molar-refractivity contribution in [2.75, 3.05) is 32.7 Å². The van der Waals surface area contributed by atoms with Gasteiger partial charge in [0.15, 0.2) is 11.5 Å². The van der Waals surface area contributed by atoms with E-state index in [0.717, 1.165) is 65.2 Å². The topological polar surface area (TPSA) is 81.3 Å². The van der Waals surface area contributed by atoms with Gasteiger partial charge in [0.25, 0.3) is 0 Å². The predicted molar refractivity (Wildman–Crippen MR) is 161 cm³/mol. The first-order chi connectivity index (χ1) is 19.6. The number of ether oxygens (including phenoxy) is 3. The van der Waals surface area contributed by atoms with E-state index in [9.17, 15) is 0 Å². The van der Waals surface area contributed by atoms with E-state index in [1.807, 2.05) is 12.3 Å². The van der Waals surface area contributed by atoms with E-state index in [1.165, 1.54) is 22.3 Å². The molecule has 2 N–H and O–H groups in total. The van der Waals surface area contributed by atoms with Gasteiger partial charge < -0.3 is 24.5 Å². The van der Waals surface area contributed by atoms with Gasteiger partial charge in [-0.3, -0.25) is 4.98 Å². The fraction of sp³-hybridized carbons (Fsp3) is 0.333. The lowest BCUT2D eigenvalue weighted by atomic mass is 9.80. The number of nitrogens with one attached hydrogen (secondary N) is 2. The van der Waals surface area contributed by atoms with E-state index in [-0.39, 0.29) is 0 Å². The molecular weight excluding hydrogens is 500 g/mol. The van der Waals surface area contributed by atoms with Gasteiger partial charge in [-0.15, -0.1) is 0 Å². The molecule has 6 rings (SSSR count). The van der Waals surface area contributed by atoms with Crippen LogP contribution in [0, 0.1) is 11.8 Å². The fourth-order valence-corrected chi connectivity index (χ4v) is 5.91. The molecule has 1 aliphatic heterocycles. The second kappa shape index (κ2) is 11.1. The first-order valence-corrected chi connectivity index (χ1v) is 14.1. The first-order valence-electron chi connectivity index (χ1n) is 14.1. The van der Waals surface area contributed by atoms with Gasteiger partial charge in [0, 0.05) is 24.2 Å². The number of aromatic nitrogens is 3. The number of methoxy groups -OCH3 is 2. The summed E-state index contributed by atoms with van der Waals surface area (Å²) >= 11 is 0. The maximum atomic E-state index is 6.32. The van der Waals surface area contributed by atoms with Crippen molar-refractivity contribution in [1.29, 1.82) is 0 Å². The van der Waals surface area contributed by atoms with Gasteiger partial charge in [-0.2, -0.15) is 0 Å². The molecule has 7 nitrogen and oxygen atoms in total. The monoisotopic (exact) mass is 536 g/mol. The largest absolute Gasteiger partial charge is 0.493 e. The third kappa shape index (κ3) is 5.04. The predicted octanol–water partition coefficient (Wildman–Crippen LogP) is 7.05. The van der Waals surface area contributed by atoms with Crippen LogP contribution < -0.4 is 19.5 Å². The molecule has 1 aliphatic rings. The molecule has 0 saturated heterocycles. The SMILES string of the molecule is CCNc1nc2ccc(-c3ccc4c(c3)CC(C)C(Cc3ccnc5cc(OC)c(OC)cc35)CCO4)cc2[nH]1. The number of nitrogens with zero attached hydrogens (tertiary/aromatic N) is 2. The maximum Gasteiger partial charge on any atom is 0.201 e. The molecule has 0 amide bonds. The molecule has 3 aromatic carbocycles. The average Bonchev–Trinajstić information content (AvgIpc) is 3.37. The van der Waals surface area contributed by atoms with E-state index >= 15 is 0 Å². The van der Waals surface area contributed by atoms with Crippen molar-refractivity contribution in [3.05, 3.63) is 71.9 Å². The Morgan fingerprint density at radius 2 is 1.77 bits per heavy atom. The Labute approximate surface area is 234 Å². The number of anilines is 1. The molecule has 2 aromatic heterocycles. The Morgan fingerprint density at radius 3 is 2.60 bits per heavy atom.